The Morgan fingerprint density at radius 2 is 1.74 bits per heavy atom. The molecule has 0 spiro atoms. The molecule has 0 aliphatic heterocycles. The number of rotatable bonds is 9. The molecule has 2 amide bonds. The first-order valence-electron chi connectivity index (χ1n) is 15.0. The molecule has 0 aromatic heterocycles. The van der Waals surface area contributed by atoms with Gasteiger partial charge in [-0.2, -0.15) is 0 Å². The van der Waals surface area contributed by atoms with E-state index < -0.39 is 88.8 Å². The highest BCUT2D eigenvalue weighted by atomic mass is 16.7. The van der Waals surface area contributed by atoms with Crippen LogP contribution in [0.2, 0.25) is 0 Å². The van der Waals surface area contributed by atoms with E-state index in [4.69, 9.17) is 15.2 Å². The van der Waals surface area contributed by atoms with Gasteiger partial charge in [-0.3, -0.25) is 28.8 Å². The van der Waals surface area contributed by atoms with Crippen LogP contribution in [0.25, 0.3) is 0 Å². The minimum absolute atomic E-state index is 0.0205. The number of carbonyl (C=O) groups excluding carboxylic acids is 7. The first-order chi connectivity index (χ1) is 21.3. The summed E-state index contributed by atoms with van der Waals surface area (Å²) in [5.41, 5.74) is 3.08. The number of hydrogen-bond donors (Lipinski definition) is 3. The summed E-state index contributed by atoms with van der Waals surface area (Å²) < 4.78 is 10.3. The molecule has 2 fully saturated rings. The minimum Gasteiger partial charge on any atom is -0.507 e. The zero-order chi connectivity index (χ0) is 34.5. The molecule has 1 aromatic rings. The Bertz CT molecular complexity index is 1510. The standard InChI is InChI=1S/C32H41N3O11/c1-15(36)12-45-14-46-30(43)35(13-31(2,3)4)11-17-9-20(34(5)6)19-8-16-7-18-10-21(37)24(29(33)42)28(41)32(18,44)27(40)22(16)26(39)23(19)25(17)38/h9,16,18,22,24,38,44H,7-8,10-14H2,1-6H3,(H2,33,42)/t16-,18+,22?,24?,32+/m1/s1. The Kier molecular flexibility index (Phi) is 9.47. The lowest BCUT2D eigenvalue weighted by molar-refractivity contribution is -0.175. The molecule has 0 bridgehead atoms. The fourth-order valence-electron chi connectivity index (χ4n) is 6.92. The van der Waals surface area contributed by atoms with E-state index in [0.717, 1.165) is 0 Å². The van der Waals surface area contributed by atoms with Crippen LogP contribution in [0, 0.1) is 29.1 Å². The van der Waals surface area contributed by atoms with Gasteiger partial charge in [0.1, 0.15) is 12.4 Å². The molecule has 46 heavy (non-hydrogen) atoms. The first-order valence-corrected chi connectivity index (χ1v) is 15.0. The fourth-order valence-corrected chi connectivity index (χ4v) is 6.92. The Balaban J connectivity index is 1.74. The maximum Gasteiger partial charge on any atom is 0.412 e. The highest BCUT2D eigenvalue weighted by Crippen LogP contribution is 2.51. The number of nitrogens with two attached hydrogens (primary N) is 1. The highest BCUT2D eigenvalue weighted by molar-refractivity contribution is 6.31. The molecule has 3 aliphatic carbocycles. The van der Waals surface area contributed by atoms with Gasteiger partial charge in [0, 0.05) is 44.2 Å². The highest BCUT2D eigenvalue weighted by Gasteiger charge is 2.66. The van der Waals surface area contributed by atoms with Gasteiger partial charge in [-0.05, 0) is 42.7 Å². The molecule has 14 nitrogen and oxygen atoms in total. The molecule has 5 atom stereocenters. The number of ether oxygens (including phenoxy) is 2. The van der Waals surface area contributed by atoms with Crippen LogP contribution in [0.1, 0.15) is 62.0 Å². The van der Waals surface area contributed by atoms with E-state index in [-0.39, 0.29) is 49.4 Å². The lowest BCUT2D eigenvalue weighted by Gasteiger charge is -2.48. The Morgan fingerprint density at radius 3 is 2.30 bits per heavy atom. The molecule has 0 radical (unpaired) electrons. The normalized spacial score (nSPS) is 25.7. The number of benzene rings is 1. The zero-order valence-electron chi connectivity index (χ0n) is 26.9. The summed E-state index contributed by atoms with van der Waals surface area (Å²) >= 11 is 0. The summed E-state index contributed by atoms with van der Waals surface area (Å²) in [5.74, 6) is -11.4. The van der Waals surface area contributed by atoms with Gasteiger partial charge in [0.2, 0.25) is 5.91 Å². The molecule has 2 unspecified atom stereocenters. The molecule has 0 heterocycles. The number of Topliss-reactive ketones (excluding diaryl/α,β-unsaturated/α-hetero) is 5. The van der Waals surface area contributed by atoms with Crippen molar-refractivity contribution in [2.24, 2.45) is 34.8 Å². The van der Waals surface area contributed by atoms with E-state index in [9.17, 15) is 43.8 Å². The van der Waals surface area contributed by atoms with Crippen molar-refractivity contribution in [3.05, 3.63) is 22.8 Å². The first kappa shape index (κ1) is 34.7. The SMILES string of the molecule is CC(=O)COCOC(=O)N(Cc1cc(N(C)C)c2c(c1O)C(=O)C1C(=O)[C@]3(O)C(=O)C(C(N)=O)C(=O)C[C@@H]3C[C@@H]1C2)CC(C)(C)C. The van der Waals surface area contributed by atoms with Crippen LogP contribution >= 0.6 is 0 Å². The van der Waals surface area contributed by atoms with E-state index in [1.54, 1.807) is 25.1 Å². The number of nitrogens with zero attached hydrogens (tertiary/aromatic N) is 2. The Labute approximate surface area is 266 Å². The molecular weight excluding hydrogens is 602 g/mol. The van der Waals surface area contributed by atoms with Crippen molar-refractivity contribution in [1.29, 1.82) is 0 Å². The van der Waals surface area contributed by atoms with E-state index in [0.29, 0.717) is 11.3 Å². The number of ketones is 5. The van der Waals surface area contributed by atoms with Crippen LogP contribution < -0.4 is 10.6 Å². The monoisotopic (exact) mass is 643 g/mol. The van der Waals surface area contributed by atoms with Crippen LogP contribution in [-0.4, -0.2) is 95.7 Å². The number of carbonyl (C=O) groups is 7. The van der Waals surface area contributed by atoms with E-state index >= 15 is 0 Å². The average molecular weight is 644 g/mol. The van der Waals surface area contributed by atoms with Crippen LogP contribution in [0.5, 0.6) is 5.75 Å². The number of phenolic OH excluding ortho intramolecular Hbond substituents is 1. The van der Waals surface area contributed by atoms with Crippen molar-refractivity contribution in [3.8, 4) is 5.75 Å². The summed E-state index contributed by atoms with van der Waals surface area (Å²) in [7, 11) is 3.46. The largest absolute Gasteiger partial charge is 0.507 e. The van der Waals surface area contributed by atoms with Gasteiger partial charge in [0.25, 0.3) is 0 Å². The zero-order valence-corrected chi connectivity index (χ0v) is 26.9. The third-order valence-electron chi connectivity index (χ3n) is 8.80. The number of anilines is 1. The van der Waals surface area contributed by atoms with Crippen LogP contribution in [0.4, 0.5) is 10.5 Å². The van der Waals surface area contributed by atoms with Gasteiger partial charge in [-0.25, -0.2) is 4.79 Å². The number of phenols is 1. The molecule has 1 aromatic carbocycles. The van der Waals surface area contributed by atoms with Gasteiger partial charge in [-0.1, -0.05) is 20.8 Å². The molecule has 0 saturated heterocycles. The molecule has 250 valence electrons. The molecule has 4 N–H and O–H groups in total. The second-order valence-electron chi connectivity index (χ2n) is 13.9. The van der Waals surface area contributed by atoms with Gasteiger partial charge in [0.05, 0.1) is 18.0 Å². The number of hydrogen-bond acceptors (Lipinski definition) is 12. The smallest absolute Gasteiger partial charge is 0.412 e. The molecule has 2 saturated carbocycles. The third kappa shape index (κ3) is 6.27. The van der Waals surface area contributed by atoms with Gasteiger partial charge < -0.3 is 35.2 Å². The van der Waals surface area contributed by atoms with Crippen molar-refractivity contribution < 1.29 is 53.2 Å². The minimum atomic E-state index is -2.75. The van der Waals surface area contributed by atoms with Crippen molar-refractivity contribution in [3.63, 3.8) is 0 Å². The number of fused-ring (bicyclic) bond motifs is 3. The average Bonchev–Trinajstić information content (AvgIpc) is 2.92. The predicted molar refractivity (Wildman–Crippen MR) is 161 cm³/mol. The van der Waals surface area contributed by atoms with E-state index in [1.165, 1.54) is 11.8 Å². The summed E-state index contributed by atoms with van der Waals surface area (Å²) in [6.45, 7) is 6.22. The molecule has 3 aliphatic rings. The van der Waals surface area contributed by atoms with Crippen LogP contribution in [-0.2, 0) is 46.4 Å². The second kappa shape index (κ2) is 12.6. The number of amides is 2. The third-order valence-corrected chi connectivity index (χ3v) is 8.80. The number of aliphatic hydroxyl groups is 1. The van der Waals surface area contributed by atoms with Gasteiger partial charge >= 0.3 is 6.09 Å². The van der Waals surface area contributed by atoms with Crippen molar-refractivity contribution in [2.45, 2.75) is 59.1 Å². The summed E-state index contributed by atoms with van der Waals surface area (Å²) in [4.78, 5) is 93.1. The lowest BCUT2D eigenvalue weighted by Crippen LogP contribution is -2.68. The van der Waals surface area contributed by atoms with Crippen molar-refractivity contribution >= 4 is 46.6 Å². The van der Waals surface area contributed by atoms with E-state index in [1.807, 2.05) is 20.8 Å². The quantitative estimate of drug-likeness (QED) is 0.195. The summed E-state index contributed by atoms with van der Waals surface area (Å²) in [5, 5.41) is 23.0. The Hall–Kier alpha value is -4.17. The van der Waals surface area contributed by atoms with Gasteiger partial charge in [-0.15, -0.1) is 0 Å². The van der Waals surface area contributed by atoms with Crippen molar-refractivity contribution in [2.75, 3.05) is 38.9 Å². The lowest BCUT2D eigenvalue weighted by atomic mass is 9.53. The van der Waals surface area contributed by atoms with Crippen molar-refractivity contribution in [1.82, 2.24) is 4.90 Å². The molecular formula is C32H41N3O11. The van der Waals surface area contributed by atoms with Crippen LogP contribution in [0.15, 0.2) is 6.07 Å². The molecule has 14 heteroatoms. The Morgan fingerprint density at radius 1 is 1.09 bits per heavy atom. The van der Waals surface area contributed by atoms with Gasteiger partial charge in [0.15, 0.2) is 47.2 Å². The maximum absolute atomic E-state index is 14.2. The topological polar surface area (TPSA) is 211 Å². The number of primary amides is 1. The second-order valence-corrected chi connectivity index (χ2v) is 13.9. The fraction of sp³-hybridized carbons (Fsp3) is 0.594. The summed E-state index contributed by atoms with van der Waals surface area (Å²) in [6.07, 6.45) is -1.11. The van der Waals surface area contributed by atoms with E-state index in [2.05, 4.69) is 0 Å². The molecule has 4 rings (SSSR count). The summed E-state index contributed by atoms with van der Waals surface area (Å²) in [6, 6.07) is 1.64. The maximum atomic E-state index is 14.2. The van der Waals surface area contributed by atoms with Crippen LogP contribution in [0.3, 0.4) is 0 Å². The number of aromatic hydroxyl groups is 1. The predicted octanol–water partition coefficient (Wildman–Crippen LogP) is 0.941.